The molecule has 0 spiro atoms. The van der Waals surface area contributed by atoms with Crippen LogP contribution in [0.5, 0.6) is 0 Å². The van der Waals surface area contributed by atoms with E-state index in [-0.39, 0.29) is 12.1 Å². The van der Waals surface area contributed by atoms with E-state index >= 15 is 0 Å². The van der Waals surface area contributed by atoms with Gasteiger partial charge in [0.05, 0.1) is 11.7 Å². The molecular weight excluding hydrogens is 334 g/mol. The molecule has 1 aliphatic rings. The summed E-state index contributed by atoms with van der Waals surface area (Å²) in [5.74, 6) is 1.43. The van der Waals surface area contributed by atoms with Gasteiger partial charge in [-0.3, -0.25) is 5.32 Å². The molecule has 0 saturated carbocycles. The van der Waals surface area contributed by atoms with Crippen molar-refractivity contribution in [1.29, 1.82) is 0 Å². The number of aryl methyl sites for hydroxylation is 1. The van der Waals surface area contributed by atoms with E-state index in [4.69, 9.17) is 0 Å². The van der Waals surface area contributed by atoms with E-state index in [1.54, 1.807) is 12.3 Å². The number of anilines is 1. The molecule has 0 saturated heterocycles. The van der Waals surface area contributed by atoms with Gasteiger partial charge in [-0.25, -0.2) is 14.8 Å². The normalized spacial score (nSPS) is 20.1. The molecular formula is C14H16BrN5O. The lowest BCUT2D eigenvalue weighted by Crippen LogP contribution is -2.32. The second-order valence-corrected chi connectivity index (χ2v) is 6.05. The van der Waals surface area contributed by atoms with E-state index < -0.39 is 0 Å². The van der Waals surface area contributed by atoms with Crippen LogP contribution < -0.4 is 10.6 Å². The van der Waals surface area contributed by atoms with Crippen molar-refractivity contribution in [1.82, 2.24) is 19.9 Å². The molecule has 0 radical (unpaired) electrons. The van der Waals surface area contributed by atoms with Gasteiger partial charge in [0.15, 0.2) is 0 Å². The molecule has 2 unspecified atom stereocenters. The Balaban J connectivity index is 1.66. The Hall–Kier alpha value is -1.89. The standard InChI is InChI=1S/C14H16BrN5O/c1-8-7-11(13-16-5-6-20(8)13)18-14(21)19-12-4-3-10(15)9(2)17-12/h3-6,8,11H,7H2,1-2H3,(H2,17,18,19,21). The third-order valence-electron chi connectivity index (χ3n) is 3.63. The van der Waals surface area contributed by atoms with Gasteiger partial charge in [-0.05, 0) is 48.3 Å². The van der Waals surface area contributed by atoms with Gasteiger partial charge in [-0.2, -0.15) is 0 Å². The smallest absolute Gasteiger partial charge is 0.320 e. The van der Waals surface area contributed by atoms with Crippen LogP contribution in [-0.2, 0) is 0 Å². The van der Waals surface area contributed by atoms with E-state index in [0.717, 1.165) is 22.4 Å². The highest BCUT2D eigenvalue weighted by molar-refractivity contribution is 9.10. The van der Waals surface area contributed by atoms with Crippen molar-refractivity contribution in [2.45, 2.75) is 32.4 Å². The van der Waals surface area contributed by atoms with Crippen LogP contribution in [0.2, 0.25) is 0 Å². The molecule has 2 amide bonds. The first-order valence-electron chi connectivity index (χ1n) is 6.78. The molecule has 0 bridgehead atoms. The molecule has 3 heterocycles. The van der Waals surface area contributed by atoms with Crippen LogP contribution in [0, 0.1) is 6.92 Å². The van der Waals surface area contributed by atoms with Crippen molar-refractivity contribution in [2.24, 2.45) is 0 Å². The van der Waals surface area contributed by atoms with Crippen LogP contribution in [0.15, 0.2) is 29.0 Å². The molecule has 21 heavy (non-hydrogen) atoms. The van der Waals surface area contributed by atoms with Crippen molar-refractivity contribution in [3.8, 4) is 0 Å². The van der Waals surface area contributed by atoms with Crippen molar-refractivity contribution >= 4 is 27.8 Å². The minimum atomic E-state index is -0.266. The minimum Gasteiger partial charge on any atom is -0.330 e. The van der Waals surface area contributed by atoms with Crippen LogP contribution in [0.3, 0.4) is 0 Å². The highest BCUT2D eigenvalue weighted by Gasteiger charge is 2.30. The van der Waals surface area contributed by atoms with Gasteiger partial charge in [0, 0.05) is 22.9 Å². The number of fused-ring (bicyclic) bond motifs is 1. The Labute approximate surface area is 131 Å². The second-order valence-electron chi connectivity index (χ2n) is 5.19. The predicted octanol–water partition coefficient (Wildman–Crippen LogP) is 3.18. The third kappa shape index (κ3) is 2.78. The number of rotatable bonds is 2. The number of pyridine rings is 1. The molecule has 2 atom stereocenters. The maximum Gasteiger partial charge on any atom is 0.320 e. The number of aromatic nitrogens is 3. The predicted molar refractivity (Wildman–Crippen MR) is 83.1 cm³/mol. The summed E-state index contributed by atoms with van der Waals surface area (Å²) in [6.07, 6.45) is 4.56. The Morgan fingerprint density at radius 1 is 1.48 bits per heavy atom. The molecule has 2 aromatic heterocycles. The lowest BCUT2D eigenvalue weighted by Gasteiger charge is -2.13. The van der Waals surface area contributed by atoms with Gasteiger partial charge >= 0.3 is 6.03 Å². The number of imidazole rings is 1. The van der Waals surface area contributed by atoms with E-state index in [2.05, 4.69) is 48.0 Å². The number of hydrogen-bond donors (Lipinski definition) is 2. The zero-order chi connectivity index (χ0) is 15.0. The highest BCUT2D eigenvalue weighted by Crippen LogP contribution is 2.32. The van der Waals surface area contributed by atoms with Crippen molar-refractivity contribution in [2.75, 3.05) is 5.32 Å². The van der Waals surface area contributed by atoms with E-state index in [0.29, 0.717) is 11.9 Å². The monoisotopic (exact) mass is 349 g/mol. The third-order valence-corrected chi connectivity index (χ3v) is 4.47. The average molecular weight is 350 g/mol. The fourth-order valence-electron chi connectivity index (χ4n) is 2.58. The molecule has 3 rings (SSSR count). The van der Waals surface area contributed by atoms with Crippen molar-refractivity contribution in [3.63, 3.8) is 0 Å². The van der Waals surface area contributed by atoms with Crippen LogP contribution >= 0.6 is 15.9 Å². The number of amides is 2. The van der Waals surface area contributed by atoms with E-state index in [1.165, 1.54) is 0 Å². The number of halogens is 1. The second kappa shape index (κ2) is 5.48. The summed E-state index contributed by atoms with van der Waals surface area (Å²) in [6.45, 7) is 3.99. The summed E-state index contributed by atoms with van der Waals surface area (Å²) >= 11 is 3.38. The molecule has 0 aliphatic carbocycles. The Morgan fingerprint density at radius 2 is 2.29 bits per heavy atom. The molecule has 0 aromatic carbocycles. The number of nitrogens with zero attached hydrogens (tertiary/aromatic N) is 3. The van der Waals surface area contributed by atoms with Crippen LogP contribution in [0.1, 0.15) is 36.9 Å². The topological polar surface area (TPSA) is 71.8 Å². The van der Waals surface area contributed by atoms with Gasteiger partial charge in [0.2, 0.25) is 0 Å². The van der Waals surface area contributed by atoms with Crippen LogP contribution in [0.4, 0.5) is 10.6 Å². The number of urea groups is 1. The van der Waals surface area contributed by atoms with Crippen LogP contribution in [0.25, 0.3) is 0 Å². The maximum atomic E-state index is 12.1. The first-order valence-corrected chi connectivity index (χ1v) is 7.57. The van der Waals surface area contributed by atoms with E-state index in [1.807, 2.05) is 19.2 Å². The Bertz CT molecular complexity index is 684. The molecule has 110 valence electrons. The minimum absolute atomic E-state index is 0.0634. The zero-order valence-electron chi connectivity index (χ0n) is 11.8. The summed E-state index contributed by atoms with van der Waals surface area (Å²) in [5.41, 5.74) is 0.831. The summed E-state index contributed by atoms with van der Waals surface area (Å²) in [4.78, 5) is 20.7. The summed E-state index contributed by atoms with van der Waals surface area (Å²) in [7, 11) is 0. The average Bonchev–Trinajstić information content (AvgIpc) is 3.00. The maximum absolute atomic E-state index is 12.1. The number of nitrogens with one attached hydrogen (secondary N) is 2. The van der Waals surface area contributed by atoms with Crippen LogP contribution in [-0.4, -0.2) is 20.6 Å². The van der Waals surface area contributed by atoms with Crippen molar-refractivity contribution < 1.29 is 4.79 Å². The van der Waals surface area contributed by atoms with Gasteiger partial charge in [-0.15, -0.1) is 0 Å². The summed E-state index contributed by atoms with van der Waals surface area (Å²) in [6, 6.07) is 3.64. The number of carbonyl (C=O) groups is 1. The number of carbonyl (C=O) groups excluding carboxylic acids is 1. The Morgan fingerprint density at radius 3 is 3.05 bits per heavy atom. The quantitative estimate of drug-likeness (QED) is 0.874. The fraction of sp³-hybridized carbons (Fsp3) is 0.357. The molecule has 6 nitrogen and oxygen atoms in total. The fourth-order valence-corrected chi connectivity index (χ4v) is 2.80. The van der Waals surface area contributed by atoms with Crippen molar-refractivity contribution in [3.05, 3.63) is 40.5 Å². The first-order chi connectivity index (χ1) is 10.0. The molecule has 1 aliphatic heterocycles. The van der Waals surface area contributed by atoms with Gasteiger partial charge in [0.25, 0.3) is 0 Å². The van der Waals surface area contributed by atoms with Gasteiger partial charge < -0.3 is 9.88 Å². The lowest BCUT2D eigenvalue weighted by atomic mass is 10.2. The number of hydrogen-bond acceptors (Lipinski definition) is 3. The first kappa shape index (κ1) is 14.1. The van der Waals surface area contributed by atoms with Gasteiger partial charge in [0.1, 0.15) is 11.6 Å². The summed E-state index contributed by atoms with van der Waals surface area (Å²) < 4.78 is 3.01. The van der Waals surface area contributed by atoms with Gasteiger partial charge in [-0.1, -0.05) is 0 Å². The molecule has 7 heteroatoms. The zero-order valence-corrected chi connectivity index (χ0v) is 13.4. The summed E-state index contributed by atoms with van der Waals surface area (Å²) in [5, 5.41) is 5.70. The molecule has 2 aromatic rings. The largest absolute Gasteiger partial charge is 0.330 e. The van der Waals surface area contributed by atoms with E-state index in [9.17, 15) is 4.79 Å². The lowest BCUT2D eigenvalue weighted by molar-refractivity contribution is 0.248. The Kier molecular flexibility index (Phi) is 3.67. The highest BCUT2D eigenvalue weighted by atomic mass is 79.9. The molecule has 0 fully saturated rings. The molecule has 2 N–H and O–H groups in total. The SMILES string of the molecule is Cc1nc(NC(=O)NC2CC(C)n3ccnc32)ccc1Br.